The number of carboxylic acids is 1. The summed E-state index contributed by atoms with van der Waals surface area (Å²) in [5.41, 5.74) is 3.30. The highest BCUT2D eigenvalue weighted by Crippen LogP contribution is 2.41. The number of ether oxygens (including phenoxy) is 2. The summed E-state index contributed by atoms with van der Waals surface area (Å²) in [4.78, 5) is 13.9. The summed E-state index contributed by atoms with van der Waals surface area (Å²) in [5.74, 6) is 0.311. The van der Waals surface area contributed by atoms with Gasteiger partial charge in [0.25, 0.3) is 0 Å². The van der Waals surface area contributed by atoms with E-state index in [1.807, 2.05) is 24.3 Å². The van der Waals surface area contributed by atoms with Gasteiger partial charge in [0.1, 0.15) is 0 Å². The number of aryl methyl sites for hydroxylation is 1. The quantitative estimate of drug-likeness (QED) is 0.837. The van der Waals surface area contributed by atoms with Gasteiger partial charge in [0.15, 0.2) is 11.5 Å². The lowest BCUT2D eigenvalue weighted by Crippen LogP contribution is -2.41. The molecule has 144 valence electrons. The van der Waals surface area contributed by atoms with Crippen LogP contribution in [0.15, 0.2) is 42.5 Å². The van der Waals surface area contributed by atoms with Crippen LogP contribution in [-0.2, 0) is 4.79 Å². The second-order valence-corrected chi connectivity index (χ2v) is 7.07. The molecule has 2 unspecified atom stereocenters. The molecule has 1 aliphatic heterocycles. The molecule has 2 aromatic rings. The van der Waals surface area contributed by atoms with Gasteiger partial charge in [-0.3, -0.25) is 9.69 Å². The third-order valence-corrected chi connectivity index (χ3v) is 5.25. The van der Waals surface area contributed by atoms with Gasteiger partial charge in [-0.2, -0.15) is 0 Å². The molecule has 1 saturated heterocycles. The summed E-state index contributed by atoms with van der Waals surface area (Å²) in [6.45, 7) is 3.44. The molecule has 27 heavy (non-hydrogen) atoms. The Kier molecular flexibility index (Phi) is 6.01. The molecule has 5 heteroatoms. The highest BCUT2D eigenvalue weighted by Gasteiger charge is 2.33. The first-order valence-corrected chi connectivity index (χ1v) is 9.29. The van der Waals surface area contributed by atoms with E-state index in [1.54, 1.807) is 14.2 Å². The Balaban J connectivity index is 2.10. The maximum absolute atomic E-state index is 11.6. The number of carbonyl (C=O) groups is 1. The second kappa shape index (κ2) is 8.44. The van der Waals surface area contributed by atoms with Gasteiger partial charge in [-0.15, -0.1) is 0 Å². The molecule has 0 radical (unpaired) electrons. The maximum Gasteiger partial charge on any atom is 0.307 e. The van der Waals surface area contributed by atoms with Gasteiger partial charge in [0, 0.05) is 12.1 Å². The van der Waals surface area contributed by atoms with Crippen LogP contribution in [0.1, 0.15) is 35.6 Å². The fourth-order valence-corrected chi connectivity index (χ4v) is 4.00. The largest absolute Gasteiger partial charge is 0.493 e. The van der Waals surface area contributed by atoms with Gasteiger partial charge in [0.2, 0.25) is 0 Å². The van der Waals surface area contributed by atoms with Gasteiger partial charge in [-0.1, -0.05) is 42.0 Å². The first-order valence-electron chi connectivity index (χ1n) is 9.29. The normalized spacial score (nSPS) is 18.7. The first kappa shape index (κ1) is 19.2. The number of para-hydroxylation sites is 1. The Morgan fingerprint density at radius 3 is 2.63 bits per heavy atom. The SMILES string of the molecule is COc1cccc(C(c2cccc(C)c2)N2CCCC(C(=O)O)C2)c1OC. The van der Waals surface area contributed by atoms with Crippen LogP contribution in [0.4, 0.5) is 0 Å². The van der Waals surface area contributed by atoms with E-state index in [9.17, 15) is 9.90 Å². The van der Waals surface area contributed by atoms with Crippen LogP contribution in [0.25, 0.3) is 0 Å². The second-order valence-electron chi connectivity index (χ2n) is 7.07. The topological polar surface area (TPSA) is 59.0 Å². The number of aliphatic carboxylic acids is 1. The van der Waals surface area contributed by atoms with Crippen molar-refractivity contribution in [2.45, 2.75) is 25.8 Å². The van der Waals surface area contributed by atoms with Crippen LogP contribution in [0.3, 0.4) is 0 Å². The summed E-state index contributed by atoms with van der Waals surface area (Å²) in [6.07, 6.45) is 1.59. The lowest BCUT2D eigenvalue weighted by Gasteiger charge is -2.38. The lowest BCUT2D eigenvalue weighted by atomic mass is 9.90. The minimum Gasteiger partial charge on any atom is -0.493 e. The first-order chi connectivity index (χ1) is 13.0. The average molecular weight is 369 g/mol. The monoisotopic (exact) mass is 369 g/mol. The Hall–Kier alpha value is -2.53. The highest BCUT2D eigenvalue weighted by molar-refractivity contribution is 5.70. The molecule has 1 aliphatic rings. The minimum absolute atomic E-state index is 0.0860. The van der Waals surface area contributed by atoms with Crippen molar-refractivity contribution in [2.75, 3.05) is 27.3 Å². The summed E-state index contributed by atoms with van der Waals surface area (Å²) in [7, 11) is 3.27. The zero-order chi connectivity index (χ0) is 19.4. The number of piperidine rings is 1. The molecule has 2 atom stereocenters. The highest BCUT2D eigenvalue weighted by atomic mass is 16.5. The van der Waals surface area contributed by atoms with E-state index < -0.39 is 5.97 Å². The van der Waals surface area contributed by atoms with Crippen LogP contribution in [-0.4, -0.2) is 43.3 Å². The zero-order valence-electron chi connectivity index (χ0n) is 16.1. The van der Waals surface area contributed by atoms with Crippen LogP contribution in [0.5, 0.6) is 11.5 Å². The van der Waals surface area contributed by atoms with Gasteiger partial charge >= 0.3 is 5.97 Å². The van der Waals surface area contributed by atoms with E-state index in [2.05, 4.69) is 30.0 Å². The molecule has 0 amide bonds. The molecule has 0 aromatic heterocycles. The van der Waals surface area contributed by atoms with Crippen LogP contribution >= 0.6 is 0 Å². The molecule has 0 spiro atoms. The Bertz CT molecular complexity index is 805. The molecule has 0 bridgehead atoms. The van der Waals surface area contributed by atoms with Crippen molar-refractivity contribution in [1.29, 1.82) is 0 Å². The number of rotatable bonds is 6. The predicted molar refractivity (Wildman–Crippen MR) is 105 cm³/mol. The third-order valence-electron chi connectivity index (χ3n) is 5.25. The number of hydrogen-bond donors (Lipinski definition) is 1. The Morgan fingerprint density at radius 2 is 1.96 bits per heavy atom. The smallest absolute Gasteiger partial charge is 0.307 e. The summed E-state index contributed by atoms with van der Waals surface area (Å²) < 4.78 is 11.2. The molecule has 1 N–H and O–H groups in total. The Labute approximate surface area is 160 Å². The van der Waals surface area contributed by atoms with E-state index in [0.29, 0.717) is 18.0 Å². The molecule has 5 nitrogen and oxygen atoms in total. The molecule has 0 aliphatic carbocycles. The van der Waals surface area contributed by atoms with Crippen LogP contribution < -0.4 is 9.47 Å². The summed E-state index contributed by atoms with van der Waals surface area (Å²) in [6, 6.07) is 14.2. The Morgan fingerprint density at radius 1 is 1.19 bits per heavy atom. The van der Waals surface area contributed by atoms with Crippen molar-refractivity contribution in [1.82, 2.24) is 4.90 Å². The van der Waals surface area contributed by atoms with Crippen molar-refractivity contribution >= 4 is 5.97 Å². The lowest BCUT2D eigenvalue weighted by molar-refractivity contribution is -0.143. The van der Waals surface area contributed by atoms with Crippen molar-refractivity contribution < 1.29 is 19.4 Å². The molecule has 0 saturated carbocycles. The van der Waals surface area contributed by atoms with E-state index in [4.69, 9.17) is 9.47 Å². The van der Waals surface area contributed by atoms with E-state index >= 15 is 0 Å². The number of hydrogen-bond acceptors (Lipinski definition) is 4. The van der Waals surface area contributed by atoms with Crippen LogP contribution in [0.2, 0.25) is 0 Å². The fraction of sp³-hybridized carbons (Fsp3) is 0.409. The van der Waals surface area contributed by atoms with Crippen molar-refractivity contribution in [2.24, 2.45) is 5.92 Å². The van der Waals surface area contributed by atoms with Gasteiger partial charge in [-0.25, -0.2) is 0 Å². The maximum atomic E-state index is 11.6. The van der Waals surface area contributed by atoms with Crippen molar-refractivity contribution in [3.05, 3.63) is 59.2 Å². The predicted octanol–water partition coefficient (Wildman–Crippen LogP) is 3.90. The van der Waals surface area contributed by atoms with Crippen molar-refractivity contribution in [3.8, 4) is 11.5 Å². The van der Waals surface area contributed by atoms with Gasteiger partial charge in [0.05, 0.1) is 26.2 Å². The molecule has 2 aromatic carbocycles. The minimum atomic E-state index is -0.722. The number of methoxy groups -OCH3 is 2. The molecule has 1 fully saturated rings. The summed E-state index contributed by atoms with van der Waals surface area (Å²) >= 11 is 0. The third kappa shape index (κ3) is 4.08. The van der Waals surface area contributed by atoms with Crippen LogP contribution in [0, 0.1) is 12.8 Å². The molecular weight excluding hydrogens is 342 g/mol. The molecule has 3 rings (SSSR count). The molecule has 1 heterocycles. The van der Waals surface area contributed by atoms with Gasteiger partial charge in [-0.05, 0) is 37.9 Å². The van der Waals surface area contributed by atoms with E-state index in [0.717, 1.165) is 30.5 Å². The fourth-order valence-electron chi connectivity index (χ4n) is 4.00. The van der Waals surface area contributed by atoms with E-state index in [1.165, 1.54) is 5.56 Å². The standard InChI is InChI=1S/C22H27NO4/c1-15-7-4-8-16(13-15)20(23-12-6-9-17(14-23)22(24)25)18-10-5-11-19(26-2)21(18)27-3/h4-5,7-8,10-11,13,17,20H,6,9,12,14H2,1-3H3,(H,24,25). The average Bonchev–Trinajstić information content (AvgIpc) is 2.68. The van der Waals surface area contributed by atoms with Crippen molar-refractivity contribution in [3.63, 3.8) is 0 Å². The van der Waals surface area contributed by atoms with Gasteiger partial charge < -0.3 is 14.6 Å². The molecular formula is C22H27NO4. The number of carboxylic acid groups (broad SMARTS) is 1. The van der Waals surface area contributed by atoms with E-state index in [-0.39, 0.29) is 12.0 Å². The number of benzene rings is 2. The zero-order valence-corrected chi connectivity index (χ0v) is 16.1. The number of likely N-dealkylation sites (tertiary alicyclic amines) is 1. The number of nitrogens with zero attached hydrogens (tertiary/aromatic N) is 1. The summed E-state index contributed by atoms with van der Waals surface area (Å²) in [5, 5.41) is 9.53.